The number of rotatable bonds is 7. The van der Waals surface area contributed by atoms with Crippen molar-refractivity contribution in [3.05, 3.63) is 70.8 Å². The summed E-state index contributed by atoms with van der Waals surface area (Å²) in [6.45, 7) is 3.57. The molecule has 0 fully saturated rings. The smallest absolute Gasteiger partial charge is 0.251 e. The number of carbonyl (C=O) groups excluding carboxylic acids is 1. The van der Waals surface area contributed by atoms with E-state index in [1.54, 1.807) is 0 Å². The second-order valence-corrected chi connectivity index (χ2v) is 5.32. The van der Waals surface area contributed by atoms with Crippen molar-refractivity contribution in [2.24, 2.45) is 0 Å². The summed E-state index contributed by atoms with van der Waals surface area (Å²) >= 11 is 0. The number of likely N-dealkylation sites (N-methyl/N-ethyl adjacent to an activating group) is 1. The third-order valence-corrected chi connectivity index (χ3v) is 3.85. The molecule has 22 heavy (non-hydrogen) atoms. The van der Waals surface area contributed by atoms with Gasteiger partial charge in [0.1, 0.15) is 0 Å². The van der Waals surface area contributed by atoms with Crippen molar-refractivity contribution in [2.45, 2.75) is 26.3 Å². The molecule has 0 unspecified atom stereocenters. The lowest BCUT2D eigenvalue weighted by Gasteiger charge is -2.12. The van der Waals surface area contributed by atoms with Crippen molar-refractivity contribution < 1.29 is 4.79 Å². The van der Waals surface area contributed by atoms with Gasteiger partial charge in [-0.05, 0) is 49.2 Å². The van der Waals surface area contributed by atoms with Crippen LogP contribution in [0, 0.1) is 0 Å². The zero-order valence-electron chi connectivity index (χ0n) is 13.4. The zero-order chi connectivity index (χ0) is 15.8. The van der Waals surface area contributed by atoms with Gasteiger partial charge in [-0.1, -0.05) is 49.4 Å². The molecule has 1 amide bonds. The van der Waals surface area contributed by atoms with E-state index in [2.05, 4.69) is 29.7 Å². The van der Waals surface area contributed by atoms with Gasteiger partial charge < -0.3 is 10.6 Å². The molecule has 0 saturated heterocycles. The first-order valence-electron chi connectivity index (χ1n) is 7.83. The lowest BCUT2D eigenvalue weighted by molar-refractivity contribution is 0.0950. The SMILES string of the molecule is CCc1ccccc1CNC(=O)c1ccccc1CCNC. The fourth-order valence-corrected chi connectivity index (χ4v) is 2.57. The molecular formula is C19H24N2O. The fourth-order valence-electron chi connectivity index (χ4n) is 2.57. The van der Waals surface area contributed by atoms with Crippen LogP contribution in [0.15, 0.2) is 48.5 Å². The fraction of sp³-hybridized carbons (Fsp3) is 0.316. The van der Waals surface area contributed by atoms with Gasteiger partial charge in [0.15, 0.2) is 0 Å². The van der Waals surface area contributed by atoms with Crippen molar-refractivity contribution in [3.8, 4) is 0 Å². The third kappa shape index (κ3) is 4.18. The zero-order valence-corrected chi connectivity index (χ0v) is 13.4. The molecule has 0 atom stereocenters. The predicted molar refractivity (Wildman–Crippen MR) is 91.1 cm³/mol. The first kappa shape index (κ1) is 16.2. The van der Waals surface area contributed by atoms with E-state index in [1.807, 2.05) is 43.4 Å². The van der Waals surface area contributed by atoms with Gasteiger partial charge in [0.2, 0.25) is 0 Å². The number of hydrogen-bond acceptors (Lipinski definition) is 2. The maximum Gasteiger partial charge on any atom is 0.251 e. The molecule has 0 bridgehead atoms. The molecule has 3 heteroatoms. The summed E-state index contributed by atoms with van der Waals surface area (Å²) in [5.41, 5.74) is 4.32. The first-order valence-corrected chi connectivity index (χ1v) is 7.83. The minimum absolute atomic E-state index is 0.00221. The van der Waals surface area contributed by atoms with E-state index in [4.69, 9.17) is 0 Å². The van der Waals surface area contributed by atoms with Gasteiger partial charge in [-0.2, -0.15) is 0 Å². The Morgan fingerprint density at radius 1 is 0.955 bits per heavy atom. The lowest BCUT2D eigenvalue weighted by atomic mass is 10.0. The van der Waals surface area contributed by atoms with Crippen molar-refractivity contribution in [2.75, 3.05) is 13.6 Å². The quantitative estimate of drug-likeness (QED) is 0.825. The molecule has 0 saturated carbocycles. The third-order valence-electron chi connectivity index (χ3n) is 3.85. The highest BCUT2D eigenvalue weighted by Gasteiger charge is 2.10. The van der Waals surface area contributed by atoms with Crippen LogP contribution in [0.3, 0.4) is 0 Å². The maximum atomic E-state index is 12.5. The van der Waals surface area contributed by atoms with Crippen LogP contribution in [0.4, 0.5) is 0 Å². The molecule has 0 aliphatic rings. The van der Waals surface area contributed by atoms with Crippen molar-refractivity contribution in [1.29, 1.82) is 0 Å². The lowest BCUT2D eigenvalue weighted by Crippen LogP contribution is -2.25. The molecule has 2 N–H and O–H groups in total. The second kappa shape index (κ2) is 8.35. The molecule has 116 valence electrons. The first-order chi connectivity index (χ1) is 10.8. The van der Waals surface area contributed by atoms with E-state index in [0.717, 1.165) is 30.5 Å². The number of amides is 1. The molecule has 3 nitrogen and oxygen atoms in total. The maximum absolute atomic E-state index is 12.5. The largest absolute Gasteiger partial charge is 0.348 e. The van der Waals surface area contributed by atoms with Gasteiger partial charge >= 0.3 is 0 Å². The summed E-state index contributed by atoms with van der Waals surface area (Å²) in [6, 6.07) is 16.1. The summed E-state index contributed by atoms with van der Waals surface area (Å²) in [7, 11) is 1.92. The number of hydrogen-bond donors (Lipinski definition) is 2. The highest BCUT2D eigenvalue weighted by molar-refractivity contribution is 5.95. The molecule has 2 aromatic carbocycles. The monoisotopic (exact) mass is 296 g/mol. The average Bonchev–Trinajstić information content (AvgIpc) is 2.58. The van der Waals surface area contributed by atoms with Gasteiger partial charge in [0, 0.05) is 12.1 Å². The molecule has 0 aliphatic heterocycles. The molecule has 0 radical (unpaired) electrons. The Bertz CT molecular complexity index is 622. The molecule has 0 spiro atoms. The van der Waals surface area contributed by atoms with Crippen LogP contribution in [0.2, 0.25) is 0 Å². The Labute approximate surface area is 132 Å². The highest BCUT2D eigenvalue weighted by atomic mass is 16.1. The van der Waals surface area contributed by atoms with E-state index < -0.39 is 0 Å². The highest BCUT2D eigenvalue weighted by Crippen LogP contribution is 2.12. The van der Waals surface area contributed by atoms with E-state index >= 15 is 0 Å². The van der Waals surface area contributed by atoms with Gasteiger partial charge in [-0.3, -0.25) is 4.79 Å². The molecular weight excluding hydrogens is 272 g/mol. The minimum Gasteiger partial charge on any atom is -0.348 e. The molecule has 0 aliphatic carbocycles. The second-order valence-electron chi connectivity index (χ2n) is 5.32. The Hall–Kier alpha value is -2.13. The number of aryl methyl sites for hydroxylation is 1. The van der Waals surface area contributed by atoms with Crippen LogP contribution < -0.4 is 10.6 Å². The van der Waals surface area contributed by atoms with Crippen LogP contribution in [-0.4, -0.2) is 19.5 Å². The van der Waals surface area contributed by atoms with Gasteiger partial charge in [-0.25, -0.2) is 0 Å². The summed E-state index contributed by atoms with van der Waals surface area (Å²) in [5.74, 6) is -0.00221. The van der Waals surface area contributed by atoms with Crippen molar-refractivity contribution in [1.82, 2.24) is 10.6 Å². The van der Waals surface area contributed by atoms with Crippen molar-refractivity contribution >= 4 is 5.91 Å². The Morgan fingerprint density at radius 3 is 2.27 bits per heavy atom. The van der Waals surface area contributed by atoms with Crippen LogP contribution in [0.1, 0.15) is 34.0 Å². The van der Waals surface area contributed by atoms with E-state index in [1.165, 1.54) is 11.1 Å². The van der Waals surface area contributed by atoms with Gasteiger partial charge in [0.25, 0.3) is 5.91 Å². The van der Waals surface area contributed by atoms with E-state index in [-0.39, 0.29) is 5.91 Å². The van der Waals surface area contributed by atoms with Crippen LogP contribution in [0.25, 0.3) is 0 Å². The number of carbonyl (C=O) groups is 1. The molecule has 0 heterocycles. The summed E-state index contributed by atoms with van der Waals surface area (Å²) in [4.78, 5) is 12.5. The van der Waals surface area contributed by atoms with Crippen LogP contribution in [-0.2, 0) is 19.4 Å². The normalized spacial score (nSPS) is 10.5. The van der Waals surface area contributed by atoms with Crippen molar-refractivity contribution in [3.63, 3.8) is 0 Å². The Kier molecular flexibility index (Phi) is 6.16. The topological polar surface area (TPSA) is 41.1 Å². The van der Waals surface area contributed by atoms with E-state index in [0.29, 0.717) is 6.54 Å². The standard InChI is InChI=1S/C19H24N2O/c1-3-15-8-4-5-10-17(15)14-21-19(22)18-11-7-6-9-16(18)12-13-20-2/h4-11,20H,3,12-14H2,1-2H3,(H,21,22). The molecule has 2 aromatic rings. The predicted octanol–water partition coefficient (Wildman–Crippen LogP) is 2.94. The molecule has 2 rings (SSSR count). The van der Waals surface area contributed by atoms with Gasteiger partial charge in [0.05, 0.1) is 0 Å². The number of benzene rings is 2. The molecule has 0 aromatic heterocycles. The van der Waals surface area contributed by atoms with Crippen LogP contribution in [0.5, 0.6) is 0 Å². The summed E-state index contributed by atoms with van der Waals surface area (Å²) in [6.07, 6.45) is 1.83. The summed E-state index contributed by atoms with van der Waals surface area (Å²) in [5, 5.41) is 6.17. The number of nitrogens with one attached hydrogen (secondary N) is 2. The Morgan fingerprint density at radius 2 is 1.59 bits per heavy atom. The average molecular weight is 296 g/mol. The van der Waals surface area contributed by atoms with Crippen LogP contribution >= 0.6 is 0 Å². The van der Waals surface area contributed by atoms with E-state index in [9.17, 15) is 4.79 Å². The Balaban J connectivity index is 2.06. The summed E-state index contributed by atoms with van der Waals surface area (Å²) < 4.78 is 0. The van der Waals surface area contributed by atoms with Gasteiger partial charge in [-0.15, -0.1) is 0 Å². The minimum atomic E-state index is -0.00221.